The van der Waals surface area contributed by atoms with Crippen molar-refractivity contribution >= 4 is 39.2 Å². The van der Waals surface area contributed by atoms with Crippen LogP contribution in [0.2, 0.25) is 0 Å². The average molecular weight is 477 g/mol. The number of allylic oxidation sites excluding steroid dienone is 4. The van der Waals surface area contributed by atoms with Crippen LogP contribution in [0.25, 0.3) is 15.9 Å². The molecule has 0 spiro atoms. The van der Waals surface area contributed by atoms with Crippen molar-refractivity contribution in [2.75, 3.05) is 12.8 Å². The highest BCUT2D eigenvalue weighted by Crippen LogP contribution is 2.31. The minimum Gasteiger partial charge on any atom is -0.283 e. The molecule has 2 aromatic heterocycles. The highest BCUT2D eigenvalue weighted by Gasteiger charge is 2.20. The van der Waals surface area contributed by atoms with E-state index < -0.39 is 5.82 Å². The second-order valence-corrected chi connectivity index (χ2v) is 8.80. The van der Waals surface area contributed by atoms with E-state index in [4.69, 9.17) is 5.84 Å². The van der Waals surface area contributed by atoms with Crippen LogP contribution in [0.1, 0.15) is 25.3 Å². The van der Waals surface area contributed by atoms with Gasteiger partial charge in [-0.25, -0.2) is 19.6 Å². The van der Waals surface area contributed by atoms with E-state index in [-0.39, 0.29) is 29.0 Å². The summed E-state index contributed by atoms with van der Waals surface area (Å²) in [6.07, 6.45) is 4.39. The van der Waals surface area contributed by atoms with Gasteiger partial charge in [0.25, 0.3) is 5.56 Å². The third kappa shape index (κ3) is 5.14. The number of aromatic nitrogens is 2. The van der Waals surface area contributed by atoms with Crippen molar-refractivity contribution in [3.63, 3.8) is 0 Å². The Kier molecular flexibility index (Phi) is 7.60. The van der Waals surface area contributed by atoms with Crippen LogP contribution in [0.4, 0.5) is 8.78 Å². The molecule has 3 rings (SSSR count). The van der Waals surface area contributed by atoms with E-state index in [1.165, 1.54) is 59.4 Å². The zero-order chi connectivity index (χ0) is 23.4. The molecule has 1 amide bonds. The largest absolute Gasteiger partial charge is 0.283 e. The van der Waals surface area contributed by atoms with Gasteiger partial charge < -0.3 is 0 Å². The minimum absolute atomic E-state index is 0.0217. The van der Waals surface area contributed by atoms with E-state index in [0.29, 0.717) is 26.6 Å². The van der Waals surface area contributed by atoms with Crippen molar-refractivity contribution in [1.29, 1.82) is 0 Å². The zero-order valence-corrected chi connectivity index (χ0v) is 19.3. The number of hydrogen-bond acceptors (Lipinski definition) is 6. The molecule has 0 bridgehead atoms. The number of thiophene rings is 1. The Morgan fingerprint density at radius 3 is 2.69 bits per heavy atom. The van der Waals surface area contributed by atoms with Crippen LogP contribution in [-0.4, -0.2) is 33.3 Å². The Labute approximate surface area is 192 Å². The molecule has 2 heterocycles. The molecule has 0 aliphatic carbocycles. The van der Waals surface area contributed by atoms with Crippen LogP contribution >= 0.6 is 23.1 Å². The highest BCUT2D eigenvalue weighted by molar-refractivity contribution is 7.99. The molecule has 6 nitrogen and oxygen atoms in total. The molecule has 168 valence electrons. The fraction of sp³-hybridized carbons (Fsp3) is 0.227. The van der Waals surface area contributed by atoms with E-state index in [1.54, 1.807) is 13.0 Å². The topological polar surface area (TPSA) is 81.2 Å². The zero-order valence-electron chi connectivity index (χ0n) is 17.7. The van der Waals surface area contributed by atoms with E-state index in [0.717, 1.165) is 16.8 Å². The normalized spacial score (nSPS) is 13.1. The number of carbonyl (C=O) groups excluding carboxylic acids is 1. The van der Waals surface area contributed by atoms with Gasteiger partial charge in [-0.05, 0) is 48.2 Å². The first-order valence-electron chi connectivity index (χ1n) is 9.67. The monoisotopic (exact) mass is 476 g/mol. The van der Waals surface area contributed by atoms with Crippen LogP contribution in [0.5, 0.6) is 0 Å². The number of thioether (sulfide) groups is 1. The summed E-state index contributed by atoms with van der Waals surface area (Å²) in [5.41, 5.74) is 0.788. The number of carbonyl (C=O) groups is 1. The van der Waals surface area contributed by atoms with E-state index >= 15 is 0 Å². The lowest BCUT2D eigenvalue weighted by Gasteiger charge is -2.14. The summed E-state index contributed by atoms with van der Waals surface area (Å²) >= 11 is 2.37. The summed E-state index contributed by atoms with van der Waals surface area (Å²) in [7, 11) is 1.43. The van der Waals surface area contributed by atoms with Crippen LogP contribution < -0.4 is 11.4 Å². The molecule has 1 atom stereocenters. The number of benzene rings is 1. The fourth-order valence-electron chi connectivity index (χ4n) is 2.91. The van der Waals surface area contributed by atoms with Crippen LogP contribution in [0, 0.1) is 5.82 Å². The van der Waals surface area contributed by atoms with Gasteiger partial charge in [0.1, 0.15) is 16.5 Å². The van der Waals surface area contributed by atoms with Gasteiger partial charge in [-0.1, -0.05) is 30.8 Å². The van der Waals surface area contributed by atoms with Crippen molar-refractivity contribution in [3.8, 4) is 5.69 Å². The van der Waals surface area contributed by atoms with Crippen LogP contribution in [-0.2, 0) is 4.79 Å². The number of nitrogens with zero attached hydrogens (tertiary/aromatic N) is 3. The summed E-state index contributed by atoms with van der Waals surface area (Å²) in [5.74, 6) is 4.08. The molecular formula is C22H22F2N4O2S2. The number of fused-ring (bicyclic) bond motifs is 1. The molecule has 0 aliphatic heterocycles. The maximum absolute atomic E-state index is 13.6. The molecule has 3 aromatic rings. The number of amides is 1. The van der Waals surface area contributed by atoms with E-state index in [9.17, 15) is 18.4 Å². The maximum atomic E-state index is 13.6. The Hall–Kier alpha value is -2.82. The number of halogens is 2. The highest BCUT2D eigenvalue weighted by atomic mass is 32.2. The first-order valence-corrected chi connectivity index (χ1v) is 11.5. The third-order valence-corrected chi connectivity index (χ3v) is 6.53. The van der Waals surface area contributed by atoms with Crippen molar-refractivity contribution in [1.82, 2.24) is 14.6 Å². The number of rotatable bonds is 7. The predicted molar refractivity (Wildman–Crippen MR) is 125 cm³/mol. The van der Waals surface area contributed by atoms with Gasteiger partial charge in [-0.3, -0.25) is 19.2 Å². The smallest absolute Gasteiger partial charge is 0.267 e. The summed E-state index contributed by atoms with van der Waals surface area (Å²) in [4.78, 5) is 30.7. The number of nitrogens with two attached hydrogens (primary N) is 1. The summed E-state index contributed by atoms with van der Waals surface area (Å²) in [6.45, 7) is 3.46. The van der Waals surface area contributed by atoms with Gasteiger partial charge in [0.05, 0.1) is 16.8 Å². The van der Waals surface area contributed by atoms with Gasteiger partial charge in [0.15, 0.2) is 5.16 Å². The average Bonchev–Trinajstić information content (AvgIpc) is 3.20. The lowest BCUT2D eigenvalue weighted by atomic mass is 10.0. The number of hydrazine groups is 1. The molecule has 10 heteroatoms. The van der Waals surface area contributed by atoms with Gasteiger partial charge in [0, 0.05) is 13.0 Å². The molecule has 1 unspecified atom stereocenters. The second-order valence-electron chi connectivity index (χ2n) is 7.00. The van der Waals surface area contributed by atoms with E-state index in [1.807, 2.05) is 12.3 Å². The Bertz CT molecular complexity index is 1250. The van der Waals surface area contributed by atoms with Crippen molar-refractivity contribution in [2.45, 2.75) is 24.9 Å². The molecule has 2 N–H and O–H groups in total. The molecule has 0 saturated heterocycles. The lowest BCUT2D eigenvalue weighted by molar-refractivity contribution is -0.127. The maximum Gasteiger partial charge on any atom is 0.267 e. The van der Waals surface area contributed by atoms with Crippen molar-refractivity contribution < 1.29 is 13.6 Å². The Balaban J connectivity index is 2.16. The van der Waals surface area contributed by atoms with Gasteiger partial charge in [0.2, 0.25) is 5.91 Å². The Morgan fingerprint density at radius 2 is 2.06 bits per heavy atom. The van der Waals surface area contributed by atoms with Gasteiger partial charge >= 0.3 is 0 Å². The van der Waals surface area contributed by atoms with E-state index in [2.05, 4.69) is 4.98 Å². The molecular weight excluding hydrogens is 454 g/mol. The number of hydrogen-bond donors (Lipinski definition) is 1. The standard InChI is InChI=1S/C22H22F2N4O2S2/c1-4-14(23)6-5-13(2)17-11-31-20-19(17)21(30)28(16-9-7-15(24)8-10-16)22(26-20)32-12-18(29)27(3)25/h4-11,13H,12,25H2,1-3H3/b6-5-,14-4+. The second kappa shape index (κ2) is 10.2. The molecule has 32 heavy (non-hydrogen) atoms. The third-order valence-electron chi connectivity index (χ3n) is 4.72. The SMILES string of the molecule is C/C=C(F)\C=C/C(C)c1csc2nc(SCC(=O)N(C)N)n(-c3ccc(F)cc3)c(=O)c12. The van der Waals surface area contributed by atoms with Crippen LogP contribution in [0.3, 0.4) is 0 Å². The molecule has 0 saturated carbocycles. The molecule has 1 aromatic carbocycles. The van der Waals surface area contributed by atoms with Gasteiger partial charge in [-0.2, -0.15) is 0 Å². The van der Waals surface area contributed by atoms with Crippen LogP contribution in [0.15, 0.2) is 63.7 Å². The van der Waals surface area contributed by atoms with Crippen molar-refractivity contribution in [3.05, 3.63) is 75.4 Å². The molecule has 0 radical (unpaired) electrons. The fourth-order valence-corrected chi connectivity index (χ4v) is 4.93. The van der Waals surface area contributed by atoms with Crippen molar-refractivity contribution in [2.24, 2.45) is 5.84 Å². The lowest BCUT2D eigenvalue weighted by Crippen LogP contribution is -2.34. The molecule has 0 fully saturated rings. The quantitative estimate of drug-likeness (QED) is 0.135. The summed E-state index contributed by atoms with van der Waals surface area (Å²) < 4.78 is 28.4. The molecule has 0 aliphatic rings. The minimum atomic E-state index is -0.439. The van der Waals surface area contributed by atoms with Gasteiger partial charge in [-0.15, -0.1) is 11.3 Å². The Morgan fingerprint density at radius 1 is 1.38 bits per heavy atom. The summed E-state index contributed by atoms with van der Waals surface area (Å²) in [6, 6.07) is 5.45. The first-order chi connectivity index (χ1) is 15.2. The predicted octanol–water partition coefficient (Wildman–Crippen LogP) is 4.54. The first kappa shape index (κ1) is 23.8. The summed E-state index contributed by atoms with van der Waals surface area (Å²) in [5, 5.41) is 3.49.